The van der Waals surface area contributed by atoms with Crippen LogP contribution >= 0.6 is 0 Å². The SMILES string of the molecule is C=C(NC1CCN(C)CC1)c1ccc(C(=C)c2ccc(=NC#CC)n(C)c2)c(C)n1. The summed E-state index contributed by atoms with van der Waals surface area (Å²) in [6.45, 7) is 14.6. The van der Waals surface area contributed by atoms with Crippen LogP contribution in [0.25, 0.3) is 11.3 Å². The second-order valence-electron chi connectivity index (χ2n) is 7.87. The first-order valence-electron chi connectivity index (χ1n) is 10.3. The smallest absolute Gasteiger partial charge is 0.142 e. The summed E-state index contributed by atoms with van der Waals surface area (Å²) in [5, 5.41) is 3.56. The zero-order valence-corrected chi connectivity index (χ0v) is 18.5. The number of piperidine rings is 1. The van der Waals surface area contributed by atoms with Crippen LogP contribution in [0.2, 0.25) is 0 Å². The highest BCUT2D eigenvalue weighted by Gasteiger charge is 2.18. The maximum atomic E-state index is 4.80. The van der Waals surface area contributed by atoms with Gasteiger partial charge < -0.3 is 14.8 Å². The summed E-state index contributed by atoms with van der Waals surface area (Å²) in [7, 11) is 4.13. The summed E-state index contributed by atoms with van der Waals surface area (Å²) in [6.07, 6.45) is 4.28. The van der Waals surface area contributed by atoms with E-state index in [9.17, 15) is 0 Å². The molecule has 0 unspecified atom stereocenters. The highest BCUT2D eigenvalue weighted by atomic mass is 15.1. The van der Waals surface area contributed by atoms with E-state index < -0.39 is 0 Å². The third-order valence-electron chi connectivity index (χ3n) is 5.55. The van der Waals surface area contributed by atoms with Crippen LogP contribution in [0, 0.1) is 18.9 Å². The molecule has 2 aromatic rings. The van der Waals surface area contributed by atoms with E-state index in [0.717, 1.165) is 65.2 Å². The fraction of sp³-hybridized carbons (Fsp3) is 0.360. The molecule has 0 saturated carbocycles. The molecule has 1 fully saturated rings. The summed E-state index contributed by atoms with van der Waals surface area (Å²) in [5.74, 6) is 2.79. The molecular formula is C25H31N5. The highest BCUT2D eigenvalue weighted by Crippen LogP contribution is 2.24. The number of aryl methyl sites for hydroxylation is 2. The van der Waals surface area contributed by atoms with Gasteiger partial charge in [0.15, 0.2) is 0 Å². The first kappa shape index (κ1) is 21.6. The van der Waals surface area contributed by atoms with Crippen molar-refractivity contribution in [2.45, 2.75) is 32.7 Å². The van der Waals surface area contributed by atoms with Crippen LogP contribution < -0.4 is 10.8 Å². The van der Waals surface area contributed by atoms with E-state index in [1.807, 2.05) is 42.9 Å². The Labute approximate surface area is 179 Å². The lowest BCUT2D eigenvalue weighted by Crippen LogP contribution is -2.40. The predicted molar refractivity (Wildman–Crippen MR) is 124 cm³/mol. The second-order valence-corrected chi connectivity index (χ2v) is 7.87. The minimum absolute atomic E-state index is 0.465. The molecule has 0 aliphatic carbocycles. The van der Waals surface area contributed by atoms with E-state index in [-0.39, 0.29) is 0 Å². The van der Waals surface area contributed by atoms with Gasteiger partial charge in [0.2, 0.25) is 0 Å². The Morgan fingerprint density at radius 3 is 2.53 bits per heavy atom. The number of nitrogens with zero attached hydrogens (tertiary/aromatic N) is 4. The van der Waals surface area contributed by atoms with Crippen LogP contribution in [0.1, 0.15) is 42.3 Å². The summed E-state index contributed by atoms with van der Waals surface area (Å²) in [4.78, 5) is 11.4. The van der Waals surface area contributed by atoms with Crippen molar-refractivity contribution in [1.82, 2.24) is 19.8 Å². The Morgan fingerprint density at radius 1 is 1.17 bits per heavy atom. The van der Waals surface area contributed by atoms with E-state index in [1.54, 1.807) is 6.92 Å². The zero-order chi connectivity index (χ0) is 21.7. The third-order valence-corrected chi connectivity index (χ3v) is 5.55. The molecule has 3 rings (SSSR count). The van der Waals surface area contributed by atoms with Gasteiger partial charge in [0.25, 0.3) is 0 Å². The van der Waals surface area contributed by atoms with Gasteiger partial charge in [-0.3, -0.25) is 4.98 Å². The Bertz CT molecular complexity index is 1070. The summed E-state index contributed by atoms with van der Waals surface area (Å²) in [6, 6.07) is 11.3. The Kier molecular flexibility index (Phi) is 6.91. The molecule has 5 nitrogen and oxygen atoms in total. The van der Waals surface area contributed by atoms with Crippen LogP contribution in [-0.4, -0.2) is 40.6 Å². The van der Waals surface area contributed by atoms with Crippen molar-refractivity contribution in [2.75, 3.05) is 20.1 Å². The van der Waals surface area contributed by atoms with Crippen molar-refractivity contribution in [2.24, 2.45) is 12.0 Å². The molecule has 0 amide bonds. The van der Waals surface area contributed by atoms with Crippen molar-refractivity contribution in [3.05, 3.63) is 71.6 Å². The fourth-order valence-electron chi connectivity index (χ4n) is 3.68. The Morgan fingerprint density at radius 2 is 1.90 bits per heavy atom. The predicted octanol–water partition coefficient (Wildman–Crippen LogP) is 3.33. The van der Waals surface area contributed by atoms with Crippen LogP contribution in [0.4, 0.5) is 0 Å². The molecule has 1 aliphatic heterocycles. The molecule has 0 spiro atoms. The van der Waals surface area contributed by atoms with Gasteiger partial charge in [-0.25, -0.2) is 0 Å². The number of pyridine rings is 2. The van der Waals surface area contributed by atoms with E-state index >= 15 is 0 Å². The van der Waals surface area contributed by atoms with Crippen LogP contribution in [-0.2, 0) is 7.05 Å². The van der Waals surface area contributed by atoms with Crippen molar-refractivity contribution in [3.63, 3.8) is 0 Å². The van der Waals surface area contributed by atoms with Gasteiger partial charge in [0, 0.05) is 36.6 Å². The molecule has 1 aliphatic rings. The number of hydrogen-bond acceptors (Lipinski definition) is 4. The molecule has 1 N–H and O–H groups in total. The zero-order valence-electron chi connectivity index (χ0n) is 18.5. The molecule has 0 atom stereocenters. The van der Waals surface area contributed by atoms with Gasteiger partial charge in [-0.2, -0.15) is 4.99 Å². The number of aromatic nitrogens is 2. The van der Waals surface area contributed by atoms with E-state index in [0.29, 0.717) is 6.04 Å². The molecule has 0 radical (unpaired) electrons. The van der Waals surface area contributed by atoms with Gasteiger partial charge in [-0.1, -0.05) is 25.1 Å². The topological polar surface area (TPSA) is 45.5 Å². The standard InChI is InChI=1S/C25H31N5/c1-7-14-26-25-11-8-21(17-30(25)6)18(2)23-9-10-24(28-19(23)3)20(4)27-22-12-15-29(5)16-13-22/h8-11,17,22,27H,2,4,12-13,15-16H2,1,3,5-6H3. The Hall–Kier alpha value is -3.10. The molecule has 156 valence electrons. The average Bonchev–Trinajstić information content (AvgIpc) is 2.74. The minimum atomic E-state index is 0.465. The molecule has 1 saturated heterocycles. The Balaban J connectivity index is 1.76. The maximum absolute atomic E-state index is 4.80. The summed E-state index contributed by atoms with van der Waals surface area (Å²) >= 11 is 0. The number of likely N-dealkylation sites (tertiary alicyclic amines) is 1. The summed E-state index contributed by atoms with van der Waals surface area (Å²) in [5.41, 5.74) is 6.52. The van der Waals surface area contributed by atoms with Crippen LogP contribution in [0.3, 0.4) is 0 Å². The normalized spacial score (nSPS) is 15.4. The third kappa shape index (κ3) is 5.08. The second kappa shape index (κ2) is 9.60. The minimum Gasteiger partial charge on any atom is -0.381 e. The first-order valence-corrected chi connectivity index (χ1v) is 10.3. The van der Waals surface area contributed by atoms with Gasteiger partial charge in [-0.05, 0) is 76.2 Å². The molecule has 2 aromatic heterocycles. The van der Waals surface area contributed by atoms with Crippen LogP contribution in [0.5, 0.6) is 0 Å². The number of nitrogens with one attached hydrogen (secondary N) is 1. The molecule has 5 heteroatoms. The number of rotatable bonds is 5. The van der Waals surface area contributed by atoms with Gasteiger partial charge in [0.05, 0.1) is 11.4 Å². The first-order chi connectivity index (χ1) is 14.4. The average molecular weight is 402 g/mol. The van der Waals surface area contributed by atoms with Crippen molar-refractivity contribution < 1.29 is 0 Å². The quantitative estimate of drug-likeness (QED) is 0.782. The van der Waals surface area contributed by atoms with Crippen molar-refractivity contribution >= 4 is 11.3 Å². The molecular weight excluding hydrogens is 370 g/mol. The van der Waals surface area contributed by atoms with Crippen molar-refractivity contribution in [3.8, 4) is 12.0 Å². The number of hydrogen-bond donors (Lipinski definition) is 1. The van der Waals surface area contributed by atoms with Gasteiger partial charge >= 0.3 is 0 Å². The lowest BCUT2D eigenvalue weighted by atomic mass is 9.99. The lowest BCUT2D eigenvalue weighted by molar-refractivity contribution is 0.245. The maximum Gasteiger partial charge on any atom is 0.142 e. The fourth-order valence-corrected chi connectivity index (χ4v) is 3.68. The van der Waals surface area contributed by atoms with Gasteiger partial charge in [0.1, 0.15) is 5.49 Å². The van der Waals surface area contributed by atoms with E-state index in [2.05, 4.69) is 53.4 Å². The van der Waals surface area contributed by atoms with Gasteiger partial charge in [-0.15, -0.1) is 0 Å². The highest BCUT2D eigenvalue weighted by molar-refractivity contribution is 5.79. The summed E-state index contributed by atoms with van der Waals surface area (Å²) < 4.78 is 1.95. The molecule has 0 aromatic carbocycles. The van der Waals surface area contributed by atoms with Crippen molar-refractivity contribution in [1.29, 1.82) is 0 Å². The van der Waals surface area contributed by atoms with E-state index in [4.69, 9.17) is 4.98 Å². The largest absolute Gasteiger partial charge is 0.381 e. The molecule has 30 heavy (non-hydrogen) atoms. The molecule has 3 heterocycles. The monoisotopic (exact) mass is 401 g/mol. The van der Waals surface area contributed by atoms with E-state index in [1.165, 1.54) is 0 Å². The molecule has 0 bridgehead atoms. The lowest BCUT2D eigenvalue weighted by Gasteiger charge is -2.30. The van der Waals surface area contributed by atoms with Crippen LogP contribution in [0.15, 0.2) is 48.6 Å².